The summed E-state index contributed by atoms with van der Waals surface area (Å²) in [5.74, 6) is -3.34. The second kappa shape index (κ2) is 9.12. The van der Waals surface area contributed by atoms with E-state index >= 15 is 0 Å². The lowest BCUT2D eigenvalue weighted by atomic mass is 9.75. The van der Waals surface area contributed by atoms with Crippen molar-refractivity contribution in [3.05, 3.63) is 52.8 Å². The van der Waals surface area contributed by atoms with Gasteiger partial charge in [0.1, 0.15) is 5.75 Å². The smallest absolute Gasteiger partial charge is 0.422 e. The molecule has 5 nitrogen and oxygen atoms in total. The monoisotopic (exact) mass is 479 g/mol. The first-order valence-electron chi connectivity index (χ1n) is 10.6. The number of aliphatic carboxylic acids is 1. The fourth-order valence-corrected chi connectivity index (χ4v) is 4.14. The van der Waals surface area contributed by atoms with E-state index in [1.165, 1.54) is 18.2 Å². The lowest BCUT2D eigenvalue weighted by Gasteiger charge is -2.39. The van der Waals surface area contributed by atoms with Crippen LogP contribution in [0.4, 0.5) is 23.2 Å². The molecule has 1 amide bonds. The largest absolute Gasteiger partial charge is 0.483 e. The van der Waals surface area contributed by atoms with Crippen molar-refractivity contribution in [2.24, 2.45) is 0 Å². The second-order valence-corrected chi connectivity index (χ2v) is 8.84. The van der Waals surface area contributed by atoms with Crippen molar-refractivity contribution in [2.75, 3.05) is 18.1 Å². The van der Waals surface area contributed by atoms with Gasteiger partial charge in [-0.2, -0.15) is 17.6 Å². The number of carbonyl (C=O) groups excluding carboxylic acids is 1. The van der Waals surface area contributed by atoms with E-state index in [0.717, 1.165) is 11.6 Å². The molecule has 1 N–H and O–H groups in total. The van der Waals surface area contributed by atoms with Gasteiger partial charge in [-0.25, -0.2) is 4.79 Å². The molecule has 1 heterocycles. The lowest BCUT2D eigenvalue weighted by Crippen LogP contribution is -2.41. The number of nitrogens with zero attached hydrogens (tertiary/aromatic N) is 1. The quantitative estimate of drug-likeness (QED) is 0.406. The molecule has 182 valence electrons. The molecular weight excluding hydrogens is 454 g/mol. The molecule has 0 atom stereocenters. The Morgan fingerprint density at radius 1 is 1.21 bits per heavy atom. The normalized spacial score (nSPS) is 15.8. The van der Waals surface area contributed by atoms with Crippen LogP contribution in [-0.4, -0.2) is 36.3 Å². The summed E-state index contributed by atoms with van der Waals surface area (Å²) in [6.07, 6.45) is -3.48. The van der Waals surface area contributed by atoms with Gasteiger partial charge in [-0.1, -0.05) is 26.0 Å². The van der Waals surface area contributed by atoms with Gasteiger partial charge in [0.05, 0.1) is 0 Å². The van der Waals surface area contributed by atoms with Crippen LogP contribution in [0.2, 0.25) is 0 Å². The second-order valence-electron chi connectivity index (χ2n) is 8.84. The van der Waals surface area contributed by atoms with Gasteiger partial charge in [0.2, 0.25) is 11.7 Å². The molecule has 2 aromatic rings. The van der Waals surface area contributed by atoms with Crippen LogP contribution < -0.4 is 9.64 Å². The molecule has 0 unspecified atom stereocenters. The van der Waals surface area contributed by atoms with Gasteiger partial charge in [-0.05, 0) is 60.4 Å². The number of carbonyl (C=O) groups is 2. The average Bonchev–Trinajstić information content (AvgIpc) is 2.72. The topological polar surface area (TPSA) is 66.8 Å². The number of alkyl halides is 3. The molecule has 0 fully saturated rings. The van der Waals surface area contributed by atoms with Crippen molar-refractivity contribution in [1.29, 1.82) is 0 Å². The van der Waals surface area contributed by atoms with E-state index in [2.05, 4.69) is 0 Å². The van der Waals surface area contributed by atoms with Gasteiger partial charge >= 0.3 is 12.1 Å². The van der Waals surface area contributed by atoms with Crippen molar-refractivity contribution in [3.63, 3.8) is 0 Å². The molecule has 2 aromatic carbocycles. The number of benzene rings is 2. The third kappa shape index (κ3) is 5.24. The maximum atomic E-state index is 13.7. The van der Waals surface area contributed by atoms with Gasteiger partial charge in [-0.3, -0.25) is 4.79 Å². The van der Waals surface area contributed by atoms with Gasteiger partial charge in [0.25, 0.3) is 0 Å². The number of hydrogen-bond donors (Lipinski definition) is 1. The minimum absolute atomic E-state index is 0.0661. The van der Waals surface area contributed by atoms with Crippen molar-refractivity contribution in [3.8, 4) is 16.9 Å². The van der Waals surface area contributed by atoms with Gasteiger partial charge in [-0.15, -0.1) is 0 Å². The molecule has 0 saturated carbocycles. The highest BCUT2D eigenvalue weighted by Gasteiger charge is 2.37. The number of amides is 1. The van der Waals surface area contributed by atoms with Gasteiger partial charge < -0.3 is 14.7 Å². The number of halogens is 4. The first-order chi connectivity index (χ1) is 15.7. The van der Waals surface area contributed by atoms with Crippen molar-refractivity contribution in [2.45, 2.75) is 45.7 Å². The van der Waals surface area contributed by atoms with Crippen LogP contribution >= 0.6 is 0 Å². The predicted octanol–water partition coefficient (Wildman–Crippen LogP) is 6.03. The summed E-state index contributed by atoms with van der Waals surface area (Å²) in [4.78, 5) is 25.2. The van der Waals surface area contributed by atoms with Crippen molar-refractivity contribution >= 4 is 23.6 Å². The Hall–Kier alpha value is -3.36. The number of carboxylic acids is 1. The van der Waals surface area contributed by atoms with Gasteiger partial charge in [0, 0.05) is 29.6 Å². The summed E-state index contributed by atoms with van der Waals surface area (Å²) >= 11 is 0. The lowest BCUT2D eigenvalue weighted by molar-refractivity contribution is -0.153. The summed E-state index contributed by atoms with van der Waals surface area (Å²) in [5, 5.41) is 8.83. The summed E-state index contributed by atoms with van der Waals surface area (Å²) in [7, 11) is 0. The molecule has 9 heteroatoms. The van der Waals surface area contributed by atoms with Gasteiger partial charge in [0.15, 0.2) is 6.61 Å². The Morgan fingerprint density at radius 2 is 1.88 bits per heavy atom. The van der Waals surface area contributed by atoms with E-state index in [-0.39, 0.29) is 22.8 Å². The Kier molecular flexibility index (Phi) is 6.78. The molecule has 1 aliphatic rings. The summed E-state index contributed by atoms with van der Waals surface area (Å²) in [6.45, 7) is 6.40. The number of aryl methyl sites for hydroxylation is 1. The van der Waals surface area contributed by atoms with Crippen LogP contribution in [0.25, 0.3) is 17.2 Å². The Morgan fingerprint density at radius 3 is 2.47 bits per heavy atom. The van der Waals surface area contributed by atoms with Crippen LogP contribution in [0.5, 0.6) is 5.75 Å². The summed E-state index contributed by atoms with van der Waals surface area (Å²) < 4.78 is 57.3. The fourth-order valence-electron chi connectivity index (χ4n) is 4.14. The van der Waals surface area contributed by atoms with Crippen LogP contribution in [-0.2, 0) is 15.0 Å². The van der Waals surface area contributed by atoms with Crippen LogP contribution in [0.15, 0.2) is 36.2 Å². The number of carboxylic acid groups (broad SMARTS) is 1. The van der Waals surface area contributed by atoms with E-state index in [1.807, 2.05) is 26.8 Å². The summed E-state index contributed by atoms with van der Waals surface area (Å²) in [6, 6.07) is 7.51. The van der Waals surface area contributed by atoms with E-state index in [1.54, 1.807) is 17.9 Å². The fraction of sp³-hybridized carbons (Fsp3) is 0.360. The Labute approximate surface area is 194 Å². The van der Waals surface area contributed by atoms with Crippen molar-refractivity contribution in [1.82, 2.24) is 0 Å². The average molecular weight is 479 g/mol. The number of ether oxygens (including phenoxy) is 1. The molecule has 0 radical (unpaired) electrons. The maximum Gasteiger partial charge on any atom is 0.422 e. The molecule has 0 spiro atoms. The first kappa shape index (κ1) is 25.3. The van der Waals surface area contributed by atoms with Crippen LogP contribution in [0.1, 0.15) is 43.9 Å². The SMILES string of the molecule is CCN1C(=O)CC(C)(C)c2cc(C)c(-c3cc(C=C(F)C(=O)O)ccc3OCC(F)(F)F)cc21. The predicted molar refractivity (Wildman–Crippen MR) is 121 cm³/mol. The number of rotatable bonds is 6. The van der Waals surface area contributed by atoms with E-state index in [9.17, 15) is 27.2 Å². The third-order valence-corrected chi connectivity index (χ3v) is 5.76. The zero-order valence-electron chi connectivity index (χ0n) is 19.2. The molecule has 1 aliphatic heterocycles. The number of fused-ring (bicyclic) bond motifs is 1. The first-order valence-corrected chi connectivity index (χ1v) is 10.6. The van der Waals surface area contributed by atoms with Crippen molar-refractivity contribution < 1.29 is 37.0 Å². The minimum atomic E-state index is -4.58. The maximum absolute atomic E-state index is 13.7. The van der Waals surface area contributed by atoms with E-state index < -0.39 is 30.0 Å². The molecular formula is C25H25F4NO4. The van der Waals surface area contributed by atoms with Crippen LogP contribution in [0.3, 0.4) is 0 Å². The molecule has 0 bridgehead atoms. The van der Waals surface area contributed by atoms with Crippen LogP contribution in [0, 0.1) is 6.92 Å². The molecule has 0 saturated heterocycles. The number of anilines is 1. The summed E-state index contributed by atoms with van der Waals surface area (Å²) in [5.41, 5.74) is 2.70. The molecule has 0 aromatic heterocycles. The highest BCUT2D eigenvalue weighted by Crippen LogP contribution is 2.45. The highest BCUT2D eigenvalue weighted by atomic mass is 19.4. The molecule has 0 aliphatic carbocycles. The Bertz CT molecular complexity index is 1170. The third-order valence-electron chi connectivity index (χ3n) is 5.76. The van der Waals surface area contributed by atoms with E-state index in [0.29, 0.717) is 29.8 Å². The number of hydrogen-bond acceptors (Lipinski definition) is 3. The minimum Gasteiger partial charge on any atom is -0.483 e. The zero-order valence-corrected chi connectivity index (χ0v) is 19.2. The van der Waals surface area contributed by atoms with E-state index in [4.69, 9.17) is 9.84 Å². The highest BCUT2D eigenvalue weighted by molar-refractivity contribution is 5.99. The zero-order chi connectivity index (χ0) is 25.4. The Balaban J connectivity index is 2.23. The molecule has 3 rings (SSSR count). The standard InChI is InChI=1S/C25H25F4NO4/c1-5-30-20-11-16(14(2)8-18(20)24(3,4)12-22(30)31)17-9-15(10-19(26)23(32)33)6-7-21(17)34-13-25(27,28)29/h6-11H,5,12-13H2,1-4H3,(H,32,33). The molecule has 34 heavy (non-hydrogen) atoms.